The quantitative estimate of drug-likeness (QED) is 0.470. The summed E-state index contributed by atoms with van der Waals surface area (Å²) in [7, 11) is 0. The van der Waals surface area contributed by atoms with Crippen LogP contribution in [0.5, 0.6) is 0 Å². The van der Waals surface area contributed by atoms with Crippen LogP contribution in [-0.4, -0.2) is 29.7 Å². The molecule has 1 amide bonds. The second-order valence-electron chi connectivity index (χ2n) is 11.3. The van der Waals surface area contributed by atoms with Crippen molar-refractivity contribution in [3.8, 4) is 0 Å². The lowest BCUT2D eigenvalue weighted by atomic mass is 9.72. The van der Waals surface area contributed by atoms with Gasteiger partial charge in [0.15, 0.2) is 0 Å². The first-order valence-corrected chi connectivity index (χ1v) is 12.6. The van der Waals surface area contributed by atoms with Crippen molar-refractivity contribution < 1.29 is 18.7 Å². The molecule has 0 aromatic heterocycles. The molecule has 0 aliphatic heterocycles. The van der Waals surface area contributed by atoms with Gasteiger partial charge in [-0.25, -0.2) is 8.78 Å². The van der Waals surface area contributed by atoms with Crippen molar-refractivity contribution in [2.24, 2.45) is 5.92 Å². The van der Waals surface area contributed by atoms with E-state index in [2.05, 4.69) is 62.6 Å². The van der Waals surface area contributed by atoms with E-state index in [0.29, 0.717) is 11.5 Å². The zero-order valence-electron chi connectivity index (χ0n) is 21.6. The molecular formula is C29H40F2N2O2. The molecule has 6 heteroatoms. The van der Waals surface area contributed by atoms with E-state index in [0.717, 1.165) is 31.7 Å². The van der Waals surface area contributed by atoms with E-state index in [1.807, 2.05) is 0 Å². The van der Waals surface area contributed by atoms with Crippen LogP contribution in [0.1, 0.15) is 77.0 Å². The topological polar surface area (TPSA) is 61.4 Å². The standard InChI is InChI=1S/C29H40F2N2O2/c1-19-9-11-29(12-10-19,23-8-6-7-22(16-23)28(3,4)5)32-18-27(35)26(33-20(2)34)15-21-13-24(30)17-25(31)14-21/h6-8,13-14,16-17,19,26-27,32,35H,9-12,15,18H2,1-5H3,(H,33,34). The Morgan fingerprint density at radius 3 is 2.31 bits per heavy atom. The van der Waals surface area contributed by atoms with E-state index in [1.165, 1.54) is 30.2 Å². The van der Waals surface area contributed by atoms with E-state index < -0.39 is 23.8 Å². The Hall–Kier alpha value is -2.31. The average Bonchev–Trinajstić information content (AvgIpc) is 2.77. The van der Waals surface area contributed by atoms with E-state index in [4.69, 9.17) is 0 Å². The lowest BCUT2D eigenvalue weighted by molar-refractivity contribution is -0.120. The molecule has 4 nitrogen and oxygen atoms in total. The van der Waals surface area contributed by atoms with Crippen molar-refractivity contribution in [3.05, 3.63) is 70.8 Å². The molecule has 2 atom stereocenters. The van der Waals surface area contributed by atoms with Crippen LogP contribution < -0.4 is 10.6 Å². The van der Waals surface area contributed by atoms with E-state index in [1.54, 1.807) is 0 Å². The first-order valence-electron chi connectivity index (χ1n) is 12.6. The molecule has 0 heterocycles. The maximum absolute atomic E-state index is 13.7. The molecule has 0 bridgehead atoms. The zero-order valence-corrected chi connectivity index (χ0v) is 21.6. The van der Waals surface area contributed by atoms with Crippen LogP contribution in [0.25, 0.3) is 0 Å². The summed E-state index contributed by atoms with van der Waals surface area (Å²) in [6, 6.07) is 11.3. The molecule has 3 N–H and O–H groups in total. The summed E-state index contributed by atoms with van der Waals surface area (Å²) in [5.41, 5.74) is 2.61. The maximum Gasteiger partial charge on any atom is 0.217 e. The second kappa shape index (κ2) is 11.2. The number of carbonyl (C=O) groups is 1. The number of rotatable bonds is 8. The summed E-state index contributed by atoms with van der Waals surface area (Å²) >= 11 is 0. The largest absolute Gasteiger partial charge is 0.390 e. The number of nitrogens with one attached hydrogen (secondary N) is 2. The molecule has 192 valence electrons. The second-order valence-corrected chi connectivity index (χ2v) is 11.3. The van der Waals surface area contributed by atoms with Gasteiger partial charge in [-0.3, -0.25) is 4.79 Å². The lowest BCUT2D eigenvalue weighted by Gasteiger charge is -2.42. The van der Waals surface area contributed by atoms with Crippen molar-refractivity contribution in [1.29, 1.82) is 0 Å². The molecule has 3 rings (SSSR count). The van der Waals surface area contributed by atoms with Crippen LogP contribution in [0.15, 0.2) is 42.5 Å². The first kappa shape index (κ1) is 27.3. The van der Waals surface area contributed by atoms with Crippen LogP contribution in [0.2, 0.25) is 0 Å². The highest BCUT2D eigenvalue weighted by atomic mass is 19.1. The Balaban J connectivity index is 1.82. The van der Waals surface area contributed by atoms with Gasteiger partial charge < -0.3 is 15.7 Å². The van der Waals surface area contributed by atoms with Crippen molar-refractivity contribution in [2.45, 2.75) is 89.8 Å². The van der Waals surface area contributed by atoms with Crippen LogP contribution >= 0.6 is 0 Å². The monoisotopic (exact) mass is 486 g/mol. The predicted octanol–water partition coefficient (Wildman–Crippen LogP) is 5.37. The smallest absolute Gasteiger partial charge is 0.217 e. The average molecular weight is 487 g/mol. The Kier molecular flexibility index (Phi) is 8.71. The fraction of sp³-hybridized carbons (Fsp3) is 0.552. The molecule has 0 saturated heterocycles. The van der Waals surface area contributed by atoms with E-state index >= 15 is 0 Å². The molecule has 0 radical (unpaired) electrons. The number of carbonyl (C=O) groups excluding carboxylic acids is 1. The summed E-state index contributed by atoms with van der Waals surface area (Å²) in [4.78, 5) is 11.8. The Bertz CT molecular complexity index is 990. The molecule has 1 aliphatic rings. The number of hydrogen-bond acceptors (Lipinski definition) is 3. The molecule has 35 heavy (non-hydrogen) atoms. The molecule has 2 unspecified atom stereocenters. The van der Waals surface area contributed by atoms with Gasteiger partial charge in [-0.05, 0) is 72.3 Å². The van der Waals surface area contributed by atoms with Gasteiger partial charge in [0.05, 0.1) is 12.1 Å². The Morgan fingerprint density at radius 2 is 1.74 bits per heavy atom. The zero-order chi connectivity index (χ0) is 25.8. The minimum Gasteiger partial charge on any atom is -0.390 e. The number of benzene rings is 2. The maximum atomic E-state index is 13.7. The third-order valence-corrected chi connectivity index (χ3v) is 7.29. The highest BCUT2D eigenvalue weighted by Gasteiger charge is 2.37. The highest BCUT2D eigenvalue weighted by molar-refractivity contribution is 5.73. The summed E-state index contributed by atoms with van der Waals surface area (Å²) in [5, 5.41) is 17.6. The highest BCUT2D eigenvalue weighted by Crippen LogP contribution is 2.40. The van der Waals surface area contributed by atoms with Gasteiger partial charge in [-0.1, -0.05) is 52.0 Å². The Morgan fingerprint density at radius 1 is 1.11 bits per heavy atom. The number of amides is 1. The molecule has 0 spiro atoms. The molecule has 2 aromatic rings. The third-order valence-electron chi connectivity index (χ3n) is 7.29. The number of halogens is 2. The van der Waals surface area contributed by atoms with Crippen molar-refractivity contribution in [3.63, 3.8) is 0 Å². The van der Waals surface area contributed by atoms with Crippen LogP contribution in [-0.2, 0) is 22.2 Å². The van der Waals surface area contributed by atoms with Crippen molar-refractivity contribution in [2.75, 3.05) is 6.54 Å². The van der Waals surface area contributed by atoms with E-state index in [-0.39, 0.29) is 29.8 Å². The molecule has 1 aliphatic carbocycles. The summed E-state index contributed by atoms with van der Waals surface area (Å²) in [6.45, 7) is 10.5. The molecule has 1 saturated carbocycles. The summed E-state index contributed by atoms with van der Waals surface area (Å²) in [5.74, 6) is -1.01. The summed E-state index contributed by atoms with van der Waals surface area (Å²) in [6.07, 6.45) is 3.26. The van der Waals surface area contributed by atoms with Gasteiger partial charge >= 0.3 is 0 Å². The third kappa shape index (κ3) is 7.34. The van der Waals surface area contributed by atoms with Gasteiger partial charge in [-0.2, -0.15) is 0 Å². The molecule has 2 aromatic carbocycles. The van der Waals surface area contributed by atoms with Gasteiger partial charge in [0, 0.05) is 25.1 Å². The number of aliphatic hydroxyl groups is 1. The van der Waals surface area contributed by atoms with Gasteiger partial charge in [0.1, 0.15) is 11.6 Å². The van der Waals surface area contributed by atoms with Crippen LogP contribution in [0, 0.1) is 17.6 Å². The van der Waals surface area contributed by atoms with E-state index in [9.17, 15) is 18.7 Å². The Labute approximate surface area is 208 Å². The molecular weight excluding hydrogens is 446 g/mol. The fourth-order valence-electron chi connectivity index (χ4n) is 5.08. The normalized spacial score (nSPS) is 22.5. The van der Waals surface area contributed by atoms with Gasteiger partial charge in [0.25, 0.3) is 0 Å². The van der Waals surface area contributed by atoms with Gasteiger partial charge in [0.2, 0.25) is 5.91 Å². The molecule has 1 fully saturated rings. The lowest BCUT2D eigenvalue weighted by Crippen LogP contribution is -2.53. The minimum atomic E-state index is -0.938. The number of hydrogen-bond donors (Lipinski definition) is 3. The van der Waals surface area contributed by atoms with Gasteiger partial charge in [-0.15, -0.1) is 0 Å². The fourth-order valence-corrected chi connectivity index (χ4v) is 5.08. The SMILES string of the molecule is CC(=O)NC(Cc1cc(F)cc(F)c1)C(O)CNC1(c2cccc(C(C)(C)C)c2)CCC(C)CC1. The summed E-state index contributed by atoms with van der Waals surface area (Å²) < 4.78 is 27.4. The minimum absolute atomic E-state index is 0.0232. The van der Waals surface area contributed by atoms with Crippen molar-refractivity contribution in [1.82, 2.24) is 10.6 Å². The first-order chi connectivity index (χ1) is 16.4. The van der Waals surface area contributed by atoms with Crippen LogP contribution in [0.3, 0.4) is 0 Å². The van der Waals surface area contributed by atoms with Crippen molar-refractivity contribution >= 4 is 5.91 Å². The predicted molar refractivity (Wildman–Crippen MR) is 136 cm³/mol. The number of aliphatic hydroxyl groups excluding tert-OH is 1. The van der Waals surface area contributed by atoms with Crippen LogP contribution in [0.4, 0.5) is 8.78 Å².